The molecular weight excluding hydrogens is 266 g/mol. The number of fused-ring (bicyclic) bond motifs is 1. The Bertz CT molecular complexity index is 652. The van der Waals surface area contributed by atoms with Gasteiger partial charge < -0.3 is 5.73 Å². The van der Waals surface area contributed by atoms with E-state index >= 15 is 0 Å². The lowest BCUT2D eigenvalue weighted by Gasteiger charge is -2.24. The molecular formula is C11H11N5O2S. The number of nitrogens with zero attached hydrogens (tertiary/aromatic N) is 3. The van der Waals surface area contributed by atoms with E-state index < -0.39 is 0 Å². The smallest absolute Gasteiger partial charge is 0.240 e. The molecule has 3 heterocycles. The standard InChI is InChI=1S/C11H11N5O2S/c12-10-6-1-2-19-11(6)14-7(13-10)3-16-4-8(17)15-9(18)5-16/h1-2H,3-5H2,(H2,12,13,14)(H,15,17,18). The van der Waals surface area contributed by atoms with Gasteiger partial charge in [0.1, 0.15) is 16.5 Å². The monoisotopic (exact) mass is 277 g/mol. The van der Waals surface area contributed by atoms with Crippen LogP contribution >= 0.6 is 11.3 Å². The van der Waals surface area contributed by atoms with Crippen molar-refractivity contribution in [1.82, 2.24) is 20.2 Å². The summed E-state index contributed by atoms with van der Waals surface area (Å²) in [5.74, 6) is 0.340. The van der Waals surface area contributed by atoms with Crippen LogP contribution in [0.25, 0.3) is 10.2 Å². The molecule has 2 aromatic heterocycles. The van der Waals surface area contributed by atoms with Crippen LogP contribution in [0.3, 0.4) is 0 Å². The Morgan fingerprint density at radius 2 is 2.05 bits per heavy atom. The fourth-order valence-electron chi connectivity index (χ4n) is 2.00. The number of anilines is 1. The summed E-state index contributed by atoms with van der Waals surface area (Å²) in [6.45, 7) is 0.659. The van der Waals surface area contributed by atoms with Crippen LogP contribution in [0.4, 0.5) is 5.82 Å². The Morgan fingerprint density at radius 1 is 1.32 bits per heavy atom. The maximum Gasteiger partial charge on any atom is 0.240 e. The maximum absolute atomic E-state index is 11.3. The number of nitrogen functional groups attached to an aromatic ring is 1. The second kappa shape index (κ2) is 4.56. The molecule has 7 nitrogen and oxygen atoms in total. The van der Waals surface area contributed by atoms with Crippen molar-refractivity contribution in [3.8, 4) is 0 Å². The molecule has 1 aliphatic heterocycles. The van der Waals surface area contributed by atoms with Gasteiger partial charge in [-0.3, -0.25) is 19.8 Å². The molecule has 1 aliphatic rings. The number of hydrogen-bond acceptors (Lipinski definition) is 7. The van der Waals surface area contributed by atoms with Gasteiger partial charge in [-0.05, 0) is 11.4 Å². The number of thiophene rings is 1. The van der Waals surface area contributed by atoms with Gasteiger partial charge >= 0.3 is 0 Å². The van der Waals surface area contributed by atoms with Crippen LogP contribution in [0.2, 0.25) is 0 Å². The molecule has 0 bridgehead atoms. The number of carbonyl (C=O) groups is 2. The van der Waals surface area contributed by atoms with E-state index in [1.807, 2.05) is 11.4 Å². The Labute approximate surface area is 112 Å². The molecule has 8 heteroatoms. The molecule has 0 saturated carbocycles. The molecule has 0 spiro atoms. The lowest BCUT2D eigenvalue weighted by molar-refractivity contribution is -0.136. The number of nitrogens with two attached hydrogens (primary N) is 1. The highest BCUT2D eigenvalue weighted by molar-refractivity contribution is 7.16. The zero-order valence-electron chi connectivity index (χ0n) is 9.92. The summed E-state index contributed by atoms with van der Waals surface area (Å²) < 4.78 is 0. The number of amides is 2. The quantitative estimate of drug-likeness (QED) is 0.733. The highest BCUT2D eigenvalue weighted by atomic mass is 32.1. The van der Waals surface area contributed by atoms with Gasteiger partial charge in [-0.15, -0.1) is 11.3 Å². The zero-order valence-corrected chi connectivity index (χ0v) is 10.7. The first-order chi connectivity index (χ1) is 9.11. The molecule has 0 unspecified atom stereocenters. The molecule has 3 N–H and O–H groups in total. The summed E-state index contributed by atoms with van der Waals surface area (Å²) in [5.41, 5.74) is 5.85. The zero-order chi connectivity index (χ0) is 13.4. The number of rotatable bonds is 2. The summed E-state index contributed by atoms with van der Waals surface area (Å²) in [4.78, 5) is 33.6. The van der Waals surface area contributed by atoms with Crippen molar-refractivity contribution in [3.63, 3.8) is 0 Å². The molecule has 3 rings (SSSR count). The van der Waals surface area contributed by atoms with Gasteiger partial charge in [-0.1, -0.05) is 0 Å². The van der Waals surface area contributed by atoms with Crippen molar-refractivity contribution < 1.29 is 9.59 Å². The Morgan fingerprint density at radius 3 is 2.79 bits per heavy atom. The number of nitrogens with one attached hydrogen (secondary N) is 1. The first kappa shape index (κ1) is 12.0. The van der Waals surface area contributed by atoms with Crippen molar-refractivity contribution in [3.05, 3.63) is 17.3 Å². The van der Waals surface area contributed by atoms with Crippen molar-refractivity contribution in [2.24, 2.45) is 0 Å². The number of carbonyl (C=O) groups excluding carboxylic acids is 2. The fraction of sp³-hybridized carbons (Fsp3) is 0.273. The highest BCUT2D eigenvalue weighted by Gasteiger charge is 2.23. The minimum absolute atomic E-state index is 0.164. The van der Waals surface area contributed by atoms with Crippen LogP contribution in [-0.2, 0) is 16.1 Å². The molecule has 0 atom stereocenters. The van der Waals surface area contributed by atoms with Crippen LogP contribution in [0, 0.1) is 0 Å². The van der Waals surface area contributed by atoms with Gasteiger partial charge in [0.25, 0.3) is 0 Å². The van der Waals surface area contributed by atoms with Crippen LogP contribution in [0.5, 0.6) is 0 Å². The third kappa shape index (κ3) is 2.40. The van der Waals surface area contributed by atoms with E-state index in [1.54, 1.807) is 4.90 Å². The minimum atomic E-state index is -0.304. The van der Waals surface area contributed by atoms with Gasteiger partial charge in [0.2, 0.25) is 11.8 Å². The van der Waals surface area contributed by atoms with Gasteiger partial charge in [0, 0.05) is 0 Å². The van der Waals surface area contributed by atoms with E-state index in [2.05, 4.69) is 15.3 Å². The van der Waals surface area contributed by atoms with Crippen molar-refractivity contribution >= 4 is 39.2 Å². The van der Waals surface area contributed by atoms with Gasteiger partial charge in [-0.25, -0.2) is 9.97 Å². The highest BCUT2D eigenvalue weighted by Crippen LogP contribution is 2.23. The Kier molecular flexibility index (Phi) is 2.88. The van der Waals surface area contributed by atoms with E-state index in [-0.39, 0.29) is 24.9 Å². The number of hydrogen-bond donors (Lipinski definition) is 2. The van der Waals surface area contributed by atoms with Crippen LogP contribution in [-0.4, -0.2) is 39.8 Å². The van der Waals surface area contributed by atoms with Gasteiger partial charge in [0.05, 0.1) is 25.0 Å². The first-order valence-corrected chi connectivity index (χ1v) is 6.54. The molecule has 2 aromatic rings. The van der Waals surface area contributed by atoms with Crippen LogP contribution in [0.15, 0.2) is 11.4 Å². The van der Waals surface area contributed by atoms with E-state index in [1.165, 1.54) is 11.3 Å². The maximum atomic E-state index is 11.3. The van der Waals surface area contributed by atoms with Gasteiger partial charge in [-0.2, -0.15) is 0 Å². The Hall–Kier alpha value is -2.06. The molecule has 0 aromatic carbocycles. The lowest BCUT2D eigenvalue weighted by atomic mass is 10.3. The van der Waals surface area contributed by atoms with Crippen LogP contribution in [0.1, 0.15) is 5.82 Å². The minimum Gasteiger partial charge on any atom is -0.383 e. The third-order valence-corrected chi connectivity index (χ3v) is 3.59. The predicted octanol–water partition coefficient (Wildman–Crippen LogP) is -0.268. The second-order valence-corrected chi connectivity index (χ2v) is 5.18. The van der Waals surface area contributed by atoms with E-state index in [0.29, 0.717) is 18.2 Å². The van der Waals surface area contributed by atoms with Crippen LogP contribution < -0.4 is 11.1 Å². The number of aromatic nitrogens is 2. The largest absolute Gasteiger partial charge is 0.383 e. The average molecular weight is 277 g/mol. The van der Waals surface area contributed by atoms with E-state index in [0.717, 1.165) is 10.2 Å². The van der Waals surface area contributed by atoms with E-state index in [9.17, 15) is 9.59 Å². The molecule has 19 heavy (non-hydrogen) atoms. The molecule has 1 saturated heterocycles. The lowest BCUT2D eigenvalue weighted by Crippen LogP contribution is -2.51. The summed E-state index contributed by atoms with van der Waals surface area (Å²) in [5, 5.41) is 4.98. The second-order valence-electron chi connectivity index (χ2n) is 4.28. The number of piperazine rings is 1. The van der Waals surface area contributed by atoms with E-state index in [4.69, 9.17) is 5.73 Å². The molecule has 0 aliphatic carbocycles. The third-order valence-electron chi connectivity index (χ3n) is 2.78. The Balaban J connectivity index is 1.84. The molecule has 2 amide bonds. The normalized spacial score (nSPS) is 16.8. The summed E-state index contributed by atoms with van der Waals surface area (Å²) in [6, 6.07) is 1.87. The molecule has 1 fully saturated rings. The average Bonchev–Trinajstić information content (AvgIpc) is 2.75. The summed E-state index contributed by atoms with van der Waals surface area (Å²) in [6.07, 6.45) is 0. The topological polar surface area (TPSA) is 101 Å². The summed E-state index contributed by atoms with van der Waals surface area (Å²) >= 11 is 1.48. The SMILES string of the molecule is Nc1nc(CN2CC(=O)NC(=O)C2)nc2sccc12. The number of imide groups is 1. The first-order valence-electron chi connectivity index (χ1n) is 5.66. The summed E-state index contributed by atoms with van der Waals surface area (Å²) in [7, 11) is 0. The van der Waals surface area contributed by atoms with Crippen molar-refractivity contribution in [2.45, 2.75) is 6.54 Å². The molecule has 98 valence electrons. The van der Waals surface area contributed by atoms with Crippen molar-refractivity contribution in [1.29, 1.82) is 0 Å². The predicted molar refractivity (Wildman–Crippen MR) is 70.3 cm³/mol. The van der Waals surface area contributed by atoms with Crippen molar-refractivity contribution in [2.75, 3.05) is 18.8 Å². The molecule has 0 radical (unpaired) electrons. The van der Waals surface area contributed by atoms with Gasteiger partial charge in [0.15, 0.2) is 0 Å². The fourth-order valence-corrected chi connectivity index (χ4v) is 2.79.